The summed E-state index contributed by atoms with van der Waals surface area (Å²) < 4.78 is 74.6. The molecule has 0 spiro atoms. The van der Waals surface area contributed by atoms with Gasteiger partial charge in [0, 0.05) is 44.8 Å². The quantitative estimate of drug-likeness (QED) is 0.580. The SMILES string of the molecule is C1CCN(Cc2noc3c2CN(CC2CCOC2)CC3)C1.O=C(O)C(F)(F)F.O=C(O)C(F)(F)F. The standard InChI is InChI=1S/C16H25N3O2.2C2HF3O2/c1-2-6-18(5-1)11-15-14-10-19(7-3-16(14)21-17-15)9-13-4-8-20-12-13;2*3-2(4,5)1(6)7/h13H,1-12H2;2*(H,6,7). The van der Waals surface area contributed by atoms with Crippen molar-refractivity contribution in [3.63, 3.8) is 0 Å². The molecule has 0 amide bonds. The lowest BCUT2D eigenvalue weighted by Gasteiger charge is -2.28. The van der Waals surface area contributed by atoms with E-state index in [0.717, 1.165) is 51.6 Å². The van der Waals surface area contributed by atoms with Crippen molar-refractivity contribution in [1.29, 1.82) is 0 Å². The van der Waals surface area contributed by atoms with Gasteiger partial charge in [0.2, 0.25) is 0 Å². The highest BCUT2D eigenvalue weighted by Gasteiger charge is 2.39. The number of ether oxygens (including phenoxy) is 1. The summed E-state index contributed by atoms with van der Waals surface area (Å²) >= 11 is 0. The highest BCUT2D eigenvalue weighted by atomic mass is 19.4. The highest BCUT2D eigenvalue weighted by Crippen LogP contribution is 2.26. The minimum atomic E-state index is -5.08. The molecule has 1 aromatic heterocycles. The van der Waals surface area contributed by atoms with E-state index in [1.54, 1.807) is 0 Å². The van der Waals surface area contributed by atoms with Crippen LogP contribution in [-0.2, 0) is 33.8 Å². The Morgan fingerprint density at radius 2 is 1.54 bits per heavy atom. The normalized spacial score (nSPS) is 20.9. The van der Waals surface area contributed by atoms with E-state index < -0.39 is 24.3 Å². The first-order valence-corrected chi connectivity index (χ1v) is 10.9. The lowest BCUT2D eigenvalue weighted by molar-refractivity contribution is -0.193. The van der Waals surface area contributed by atoms with E-state index in [9.17, 15) is 26.3 Å². The Labute approximate surface area is 196 Å². The van der Waals surface area contributed by atoms with Gasteiger partial charge in [0.05, 0.1) is 6.61 Å². The van der Waals surface area contributed by atoms with E-state index in [1.807, 2.05) is 0 Å². The highest BCUT2D eigenvalue weighted by molar-refractivity contribution is 5.73. The molecule has 1 aromatic rings. The Hall–Kier alpha value is -2.39. The summed E-state index contributed by atoms with van der Waals surface area (Å²) in [5.74, 6) is -3.67. The first-order chi connectivity index (χ1) is 16.3. The molecule has 3 aliphatic heterocycles. The summed E-state index contributed by atoms with van der Waals surface area (Å²) in [5.41, 5.74) is 2.55. The van der Waals surface area contributed by atoms with Crippen LogP contribution in [0.5, 0.6) is 0 Å². The van der Waals surface area contributed by atoms with Crippen molar-refractivity contribution < 1.29 is 55.4 Å². The number of carbonyl (C=O) groups is 2. The van der Waals surface area contributed by atoms with Crippen LogP contribution in [0.3, 0.4) is 0 Å². The largest absolute Gasteiger partial charge is 0.490 e. The summed E-state index contributed by atoms with van der Waals surface area (Å²) in [5, 5.41) is 18.6. The van der Waals surface area contributed by atoms with Crippen molar-refractivity contribution in [3.8, 4) is 0 Å². The molecule has 2 fully saturated rings. The van der Waals surface area contributed by atoms with E-state index >= 15 is 0 Å². The topological polar surface area (TPSA) is 116 Å². The average molecular weight is 519 g/mol. The number of carboxylic acid groups (broad SMARTS) is 2. The van der Waals surface area contributed by atoms with E-state index in [4.69, 9.17) is 29.1 Å². The van der Waals surface area contributed by atoms with Crippen molar-refractivity contribution in [1.82, 2.24) is 15.0 Å². The van der Waals surface area contributed by atoms with Gasteiger partial charge in [-0.1, -0.05) is 5.16 Å². The number of carboxylic acids is 2. The van der Waals surface area contributed by atoms with Crippen molar-refractivity contribution in [3.05, 3.63) is 17.0 Å². The predicted molar refractivity (Wildman–Crippen MR) is 106 cm³/mol. The molecule has 2 saturated heterocycles. The van der Waals surface area contributed by atoms with Crippen LogP contribution in [0.4, 0.5) is 26.3 Å². The second-order valence-electron chi connectivity index (χ2n) is 8.33. The third-order valence-electron chi connectivity index (χ3n) is 5.59. The van der Waals surface area contributed by atoms with Crippen molar-refractivity contribution >= 4 is 11.9 Å². The van der Waals surface area contributed by atoms with Gasteiger partial charge < -0.3 is 19.5 Å². The number of hydrogen-bond acceptors (Lipinski definition) is 7. The molecule has 35 heavy (non-hydrogen) atoms. The summed E-state index contributed by atoms with van der Waals surface area (Å²) in [4.78, 5) is 22.9. The summed E-state index contributed by atoms with van der Waals surface area (Å²) in [6.45, 7) is 8.55. The second kappa shape index (κ2) is 12.5. The number of aliphatic carboxylic acids is 2. The molecule has 0 aliphatic carbocycles. The first-order valence-electron chi connectivity index (χ1n) is 10.9. The van der Waals surface area contributed by atoms with Gasteiger partial charge in [0.15, 0.2) is 0 Å². The number of nitrogens with zero attached hydrogens (tertiary/aromatic N) is 3. The molecular weight excluding hydrogens is 492 g/mol. The molecule has 15 heteroatoms. The fourth-order valence-electron chi connectivity index (χ4n) is 3.84. The Morgan fingerprint density at radius 3 is 2.03 bits per heavy atom. The van der Waals surface area contributed by atoms with Gasteiger partial charge in [-0.25, -0.2) is 9.59 Å². The van der Waals surface area contributed by atoms with Gasteiger partial charge in [-0.15, -0.1) is 0 Å². The minimum Gasteiger partial charge on any atom is -0.475 e. The number of aromatic nitrogens is 1. The van der Waals surface area contributed by atoms with E-state index in [2.05, 4.69) is 15.0 Å². The van der Waals surface area contributed by atoms with Gasteiger partial charge in [0.1, 0.15) is 11.5 Å². The van der Waals surface area contributed by atoms with Crippen molar-refractivity contribution in [2.45, 2.75) is 51.1 Å². The van der Waals surface area contributed by atoms with Crippen LogP contribution in [0.15, 0.2) is 4.52 Å². The number of rotatable bonds is 4. The van der Waals surface area contributed by atoms with Crippen LogP contribution in [0.2, 0.25) is 0 Å². The fourth-order valence-corrected chi connectivity index (χ4v) is 3.84. The van der Waals surface area contributed by atoms with Crippen LogP contribution >= 0.6 is 0 Å². The number of alkyl halides is 6. The van der Waals surface area contributed by atoms with Gasteiger partial charge in [-0.2, -0.15) is 26.3 Å². The van der Waals surface area contributed by atoms with Gasteiger partial charge >= 0.3 is 24.3 Å². The summed E-state index contributed by atoms with van der Waals surface area (Å²) in [7, 11) is 0. The third-order valence-corrected chi connectivity index (χ3v) is 5.59. The van der Waals surface area contributed by atoms with E-state index in [0.29, 0.717) is 5.92 Å². The molecule has 4 heterocycles. The zero-order valence-corrected chi connectivity index (χ0v) is 18.7. The molecule has 0 aromatic carbocycles. The monoisotopic (exact) mass is 519 g/mol. The smallest absolute Gasteiger partial charge is 0.475 e. The molecule has 0 bridgehead atoms. The second-order valence-corrected chi connectivity index (χ2v) is 8.33. The van der Waals surface area contributed by atoms with Gasteiger partial charge in [-0.05, 0) is 38.3 Å². The Bertz CT molecular complexity index is 808. The Balaban J connectivity index is 0.000000257. The fraction of sp³-hybridized carbons (Fsp3) is 0.750. The van der Waals surface area contributed by atoms with Crippen LogP contribution < -0.4 is 0 Å². The van der Waals surface area contributed by atoms with E-state index in [1.165, 1.54) is 43.6 Å². The molecular formula is C20H27F6N3O6. The molecule has 1 atom stereocenters. The minimum absolute atomic E-state index is 0.716. The zero-order valence-electron chi connectivity index (χ0n) is 18.7. The number of likely N-dealkylation sites (tertiary alicyclic amines) is 1. The predicted octanol–water partition coefficient (Wildman–Crippen LogP) is 2.93. The molecule has 1 unspecified atom stereocenters. The molecule has 4 rings (SSSR count). The molecule has 0 saturated carbocycles. The molecule has 3 aliphatic rings. The Morgan fingerprint density at radius 1 is 0.971 bits per heavy atom. The van der Waals surface area contributed by atoms with E-state index in [-0.39, 0.29) is 0 Å². The average Bonchev–Trinajstić information content (AvgIpc) is 3.51. The van der Waals surface area contributed by atoms with Crippen LogP contribution in [0.1, 0.15) is 36.3 Å². The number of fused-ring (bicyclic) bond motifs is 1. The van der Waals surface area contributed by atoms with Crippen molar-refractivity contribution in [2.75, 3.05) is 39.4 Å². The molecule has 0 radical (unpaired) electrons. The van der Waals surface area contributed by atoms with Gasteiger partial charge in [-0.3, -0.25) is 9.80 Å². The van der Waals surface area contributed by atoms with Crippen molar-refractivity contribution in [2.24, 2.45) is 5.92 Å². The molecule has 200 valence electrons. The Kier molecular flexibility index (Phi) is 10.3. The molecule has 9 nitrogen and oxygen atoms in total. The lowest BCUT2D eigenvalue weighted by atomic mass is 10.0. The summed E-state index contributed by atoms with van der Waals surface area (Å²) in [6, 6.07) is 0. The maximum absolute atomic E-state index is 10.6. The first kappa shape index (κ1) is 28.8. The summed E-state index contributed by atoms with van der Waals surface area (Å²) in [6.07, 6.45) is -5.29. The third kappa shape index (κ3) is 9.64. The van der Waals surface area contributed by atoms with Crippen LogP contribution in [0.25, 0.3) is 0 Å². The van der Waals surface area contributed by atoms with Crippen LogP contribution in [0, 0.1) is 5.92 Å². The van der Waals surface area contributed by atoms with Gasteiger partial charge in [0.25, 0.3) is 0 Å². The zero-order chi connectivity index (χ0) is 26.2. The molecule has 2 N–H and O–H groups in total. The number of halogens is 6. The number of hydrogen-bond donors (Lipinski definition) is 2. The van der Waals surface area contributed by atoms with Crippen LogP contribution in [-0.4, -0.2) is 88.9 Å². The maximum Gasteiger partial charge on any atom is 0.490 e. The lowest BCUT2D eigenvalue weighted by Crippen LogP contribution is -2.35. The maximum atomic E-state index is 10.6.